The third-order valence-corrected chi connectivity index (χ3v) is 2.89. The molecule has 2 atom stereocenters. The first-order chi connectivity index (χ1) is 7.40. The Hall–Kier alpha value is 0.140. The van der Waals surface area contributed by atoms with Crippen LogP contribution in [0.15, 0.2) is 0 Å². The molecule has 0 saturated carbocycles. The summed E-state index contributed by atoms with van der Waals surface area (Å²) < 4.78 is 29.0. The van der Waals surface area contributed by atoms with Crippen LogP contribution in [0.4, 0.5) is 0 Å². The van der Waals surface area contributed by atoms with E-state index in [1.54, 1.807) is 0 Å². The molecule has 17 heavy (non-hydrogen) atoms. The fourth-order valence-electron chi connectivity index (χ4n) is 0.811. The first kappa shape index (κ1) is 17.1. The minimum atomic E-state index is -4.99. The predicted molar refractivity (Wildman–Crippen MR) is 52.6 cm³/mol. The largest absolute Gasteiger partial charge is 0.470 e. The van der Waals surface area contributed by atoms with Gasteiger partial charge in [-0.2, -0.15) is 0 Å². The van der Waals surface area contributed by atoms with Crippen LogP contribution in [0.1, 0.15) is 6.92 Å². The SMILES string of the molecule is C[C@@](CO)(OP(=O)(O)O)[C@H](O)COP(=O)(O)O. The number of rotatable bonds is 7. The van der Waals surface area contributed by atoms with E-state index in [0.29, 0.717) is 0 Å². The summed E-state index contributed by atoms with van der Waals surface area (Å²) in [5.41, 5.74) is -2.12. The fourth-order valence-corrected chi connectivity index (χ4v) is 1.87. The van der Waals surface area contributed by atoms with Gasteiger partial charge in [0.2, 0.25) is 0 Å². The molecule has 0 aliphatic heterocycles. The van der Waals surface area contributed by atoms with E-state index >= 15 is 0 Å². The first-order valence-corrected chi connectivity index (χ1v) is 7.21. The lowest BCUT2D eigenvalue weighted by atomic mass is 10.0. The summed E-state index contributed by atoms with van der Waals surface area (Å²) in [6, 6.07) is 0. The van der Waals surface area contributed by atoms with E-state index in [0.717, 1.165) is 6.92 Å². The Kier molecular flexibility index (Phi) is 5.90. The first-order valence-electron chi connectivity index (χ1n) is 4.15. The summed E-state index contributed by atoms with van der Waals surface area (Å²) >= 11 is 0. The number of phosphoric ester groups is 2. The highest BCUT2D eigenvalue weighted by Gasteiger charge is 2.40. The second-order valence-electron chi connectivity index (χ2n) is 3.35. The molecule has 6 N–H and O–H groups in total. The zero-order valence-corrected chi connectivity index (χ0v) is 10.5. The van der Waals surface area contributed by atoms with Gasteiger partial charge in [0.25, 0.3) is 0 Å². The van der Waals surface area contributed by atoms with Gasteiger partial charge in [0.15, 0.2) is 0 Å². The Morgan fingerprint density at radius 1 is 1.18 bits per heavy atom. The maximum atomic E-state index is 10.6. The lowest BCUT2D eigenvalue weighted by Gasteiger charge is -2.32. The Labute approximate surface area is 96.3 Å². The Morgan fingerprint density at radius 2 is 1.65 bits per heavy atom. The van der Waals surface area contributed by atoms with Crippen molar-refractivity contribution < 1.29 is 48.0 Å². The van der Waals surface area contributed by atoms with E-state index in [1.807, 2.05) is 0 Å². The van der Waals surface area contributed by atoms with Crippen LogP contribution < -0.4 is 0 Å². The topological polar surface area (TPSA) is 174 Å². The van der Waals surface area contributed by atoms with E-state index in [2.05, 4.69) is 9.05 Å². The Bertz CT molecular complexity index is 332. The quantitative estimate of drug-likeness (QED) is 0.297. The molecular formula is C5H14O10P2. The Balaban J connectivity index is 4.64. The molecule has 10 nitrogen and oxygen atoms in total. The fraction of sp³-hybridized carbons (Fsp3) is 1.00. The minimum absolute atomic E-state index is 0.944. The molecular weight excluding hydrogens is 282 g/mol. The second-order valence-corrected chi connectivity index (χ2v) is 5.76. The summed E-state index contributed by atoms with van der Waals surface area (Å²) in [5, 5.41) is 18.3. The zero-order chi connectivity index (χ0) is 13.9. The van der Waals surface area contributed by atoms with Crippen LogP contribution in [-0.4, -0.2) is 54.7 Å². The molecule has 0 aromatic carbocycles. The molecule has 0 saturated heterocycles. The number of hydrogen-bond donors (Lipinski definition) is 6. The lowest BCUT2D eigenvalue weighted by Crippen LogP contribution is -2.47. The minimum Gasteiger partial charge on any atom is -0.393 e. The van der Waals surface area contributed by atoms with Gasteiger partial charge >= 0.3 is 15.6 Å². The van der Waals surface area contributed by atoms with Gasteiger partial charge in [0.05, 0.1) is 13.2 Å². The van der Waals surface area contributed by atoms with Crippen molar-refractivity contribution in [1.29, 1.82) is 0 Å². The van der Waals surface area contributed by atoms with Gasteiger partial charge in [-0.15, -0.1) is 0 Å². The van der Waals surface area contributed by atoms with Crippen LogP contribution in [0.2, 0.25) is 0 Å². The summed E-state index contributed by atoms with van der Waals surface area (Å²) in [6.07, 6.45) is -1.85. The van der Waals surface area contributed by atoms with Gasteiger partial charge in [0, 0.05) is 0 Å². The molecule has 0 aromatic heterocycles. The van der Waals surface area contributed by atoms with E-state index in [1.165, 1.54) is 0 Å². The van der Waals surface area contributed by atoms with Crippen LogP contribution in [0, 0.1) is 0 Å². The normalized spacial score (nSPS) is 18.8. The summed E-state index contributed by atoms with van der Waals surface area (Å²) in [4.78, 5) is 33.8. The van der Waals surface area contributed by atoms with Crippen molar-refractivity contribution in [2.75, 3.05) is 13.2 Å². The third-order valence-electron chi connectivity index (χ3n) is 1.75. The van der Waals surface area contributed by atoms with Crippen molar-refractivity contribution in [3.63, 3.8) is 0 Å². The molecule has 0 radical (unpaired) electrons. The second kappa shape index (κ2) is 5.85. The smallest absolute Gasteiger partial charge is 0.393 e. The highest BCUT2D eigenvalue weighted by atomic mass is 31.2. The molecule has 0 unspecified atom stereocenters. The highest BCUT2D eigenvalue weighted by Crippen LogP contribution is 2.43. The summed E-state index contributed by atoms with van der Waals surface area (Å²) in [6.45, 7) is -1.02. The maximum absolute atomic E-state index is 10.6. The van der Waals surface area contributed by atoms with Crippen molar-refractivity contribution in [2.45, 2.75) is 18.6 Å². The summed E-state index contributed by atoms with van der Waals surface area (Å²) in [5.74, 6) is 0. The zero-order valence-electron chi connectivity index (χ0n) is 8.70. The van der Waals surface area contributed by atoms with Crippen molar-refractivity contribution in [3.8, 4) is 0 Å². The molecule has 0 bridgehead atoms. The molecule has 0 aliphatic carbocycles. The number of aliphatic hydroxyl groups excluding tert-OH is 2. The summed E-state index contributed by atoms with van der Waals surface area (Å²) in [7, 11) is -9.83. The van der Waals surface area contributed by atoms with Crippen molar-refractivity contribution in [3.05, 3.63) is 0 Å². The van der Waals surface area contributed by atoms with Crippen LogP contribution in [0.3, 0.4) is 0 Å². The van der Waals surface area contributed by atoms with Gasteiger partial charge < -0.3 is 29.8 Å². The van der Waals surface area contributed by atoms with Gasteiger partial charge in [-0.1, -0.05) is 0 Å². The Morgan fingerprint density at radius 3 is 1.94 bits per heavy atom. The predicted octanol–water partition coefficient (Wildman–Crippen LogP) is -1.68. The van der Waals surface area contributed by atoms with Crippen LogP contribution in [0.25, 0.3) is 0 Å². The molecule has 0 amide bonds. The van der Waals surface area contributed by atoms with Crippen molar-refractivity contribution >= 4 is 15.6 Å². The van der Waals surface area contributed by atoms with Crippen molar-refractivity contribution in [1.82, 2.24) is 0 Å². The van der Waals surface area contributed by atoms with Crippen LogP contribution in [-0.2, 0) is 18.2 Å². The van der Waals surface area contributed by atoms with E-state index in [9.17, 15) is 14.2 Å². The molecule has 0 rings (SSSR count). The molecule has 0 heterocycles. The average Bonchev–Trinajstić information content (AvgIpc) is 2.10. The van der Waals surface area contributed by atoms with E-state index in [4.69, 9.17) is 24.7 Å². The maximum Gasteiger partial charge on any atom is 0.470 e. The van der Waals surface area contributed by atoms with E-state index < -0.39 is 40.6 Å². The van der Waals surface area contributed by atoms with Gasteiger partial charge in [0.1, 0.15) is 11.7 Å². The monoisotopic (exact) mass is 296 g/mol. The standard InChI is InChI=1S/C5H14O10P2/c1-5(3-6,15-17(11,12)13)4(7)2-14-16(8,9)10/h4,6-7H,2-3H2,1H3,(H2,8,9,10)(H2,11,12,13)/t4-,5+/m1/s1. The van der Waals surface area contributed by atoms with Gasteiger partial charge in [-0.3, -0.25) is 9.05 Å². The number of phosphoric acid groups is 2. The van der Waals surface area contributed by atoms with Crippen molar-refractivity contribution in [2.24, 2.45) is 0 Å². The average molecular weight is 296 g/mol. The van der Waals surface area contributed by atoms with Gasteiger partial charge in [-0.05, 0) is 6.92 Å². The number of hydrogen-bond acceptors (Lipinski definition) is 6. The molecule has 12 heteroatoms. The molecule has 0 spiro atoms. The molecule has 0 aromatic rings. The molecule has 104 valence electrons. The van der Waals surface area contributed by atoms with Crippen LogP contribution >= 0.6 is 15.6 Å². The number of aliphatic hydroxyl groups is 2. The lowest BCUT2D eigenvalue weighted by molar-refractivity contribution is -0.101. The third kappa shape index (κ3) is 7.22. The van der Waals surface area contributed by atoms with Gasteiger partial charge in [-0.25, -0.2) is 9.13 Å². The van der Waals surface area contributed by atoms with E-state index in [-0.39, 0.29) is 0 Å². The molecule has 0 aliphatic rings. The van der Waals surface area contributed by atoms with Crippen LogP contribution in [0.5, 0.6) is 0 Å². The molecule has 0 fully saturated rings. The highest BCUT2D eigenvalue weighted by molar-refractivity contribution is 7.46.